The van der Waals surface area contributed by atoms with Gasteiger partial charge < -0.3 is 31.5 Å². The van der Waals surface area contributed by atoms with Gasteiger partial charge in [0.25, 0.3) is 0 Å². The molecular formula is C36H56N6S. The van der Waals surface area contributed by atoms with Gasteiger partial charge in [0.2, 0.25) is 0 Å². The molecule has 1 aromatic rings. The lowest BCUT2D eigenvalue weighted by molar-refractivity contribution is 0.434. The summed E-state index contributed by atoms with van der Waals surface area (Å²) < 4.78 is 0. The Labute approximate surface area is 267 Å². The highest BCUT2D eigenvalue weighted by Gasteiger charge is 2.26. The van der Waals surface area contributed by atoms with Gasteiger partial charge in [-0.2, -0.15) is 12.6 Å². The third-order valence-corrected chi connectivity index (χ3v) is 8.00. The van der Waals surface area contributed by atoms with Gasteiger partial charge in [0.15, 0.2) is 0 Å². The van der Waals surface area contributed by atoms with Crippen molar-refractivity contribution >= 4 is 12.6 Å². The van der Waals surface area contributed by atoms with E-state index in [0.717, 1.165) is 104 Å². The van der Waals surface area contributed by atoms with Crippen molar-refractivity contribution in [2.24, 2.45) is 0 Å². The Morgan fingerprint density at radius 2 is 1.49 bits per heavy atom. The molecule has 0 spiro atoms. The van der Waals surface area contributed by atoms with Crippen molar-refractivity contribution in [1.29, 1.82) is 0 Å². The Bertz CT molecular complexity index is 1110. The van der Waals surface area contributed by atoms with Crippen LogP contribution >= 0.6 is 12.6 Å². The zero-order valence-electron chi connectivity index (χ0n) is 26.6. The summed E-state index contributed by atoms with van der Waals surface area (Å²) in [4.78, 5) is 2.23. The number of allylic oxidation sites excluding steroid dienone is 2. The van der Waals surface area contributed by atoms with Crippen LogP contribution in [-0.2, 0) is 6.42 Å². The molecule has 6 nitrogen and oxygen atoms in total. The number of likely N-dealkylation sites (tertiary alicyclic amines) is 1. The van der Waals surface area contributed by atoms with Crippen LogP contribution in [0.1, 0.15) is 57.4 Å². The van der Waals surface area contributed by atoms with Gasteiger partial charge in [0, 0.05) is 64.6 Å². The first-order valence-electron chi connectivity index (χ1n) is 15.6. The van der Waals surface area contributed by atoms with Gasteiger partial charge in [0.05, 0.1) is 25.7 Å². The van der Waals surface area contributed by atoms with Gasteiger partial charge in [-0.3, -0.25) is 0 Å². The van der Waals surface area contributed by atoms with Crippen LogP contribution in [0.15, 0.2) is 116 Å². The van der Waals surface area contributed by atoms with E-state index < -0.39 is 0 Å². The summed E-state index contributed by atoms with van der Waals surface area (Å²) in [5, 5.41) is 17.4. The molecule has 2 atom stereocenters. The van der Waals surface area contributed by atoms with E-state index in [4.69, 9.17) is 0 Å². The number of rotatable bonds is 24. The van der Waals surface area contributed by atoms with Crippen molar-refractivity contribution in [3.63, 3.8) is 0 Å². The zero-order chi connectivity index (χ0) is 31.6. The maximum atomic E-state index is 4.57. The van der Waals surface area contributed by atoms with E-state index >= 15 is 0 Å². The van der Waals surface area contributed by atoms with E-state index in [1.165, 1.54) is 5.56 Å². The predicted octanol–water partition coefficient (Wildman–Crippen LogP) is 6.51. The van der Waals surface area contributed by atoms with E-state index in [1.807, 2.05) is 6.07 Å². The third-order valence-electron chi connectivity index (χ3n) is 7.52. The van der Waals surface area contributed by atoms with Crippen LogP contribution in [0.3, 0.4) is 0 Å². The molecule has 2 unspecified atom stereocenters. The van der Waals surface area contributed by atoms with Gasteiger partial charge in [-0.25, -0.2) is 0 Å². The third kappa shape index (κ3) is 14.0. The van der Waals surface area contributed by atoms with E-state index in [2.05, 4.69) is 121 Å². The second kappa shape index (κ2) is 19.7. The lowest BCUT2D eigenvalue weighted by Gasteiger charge is -2.26. The number of unbranched alkanes of at least 4 members (excludes halogenated alkanes) is 3. The number of nitrogens with zero attached hydrogens (tertiary/aromatic N) is 1. The minimum atomic E-state index is -0.0211. The first kappa shape index (κ1) is 35.7. The zero-order valence-corrected chi connectivity index (χ0v) is 27.5. The summed E-state index contributed by atoms with van der Waals surface area (Å²) in [6.07, 6.45) is 8.24. The Balaban J connectivity index is 1.69. The molecular weight excluding hydrogens is 549 g/mol. The van der Waals surface area contributed by atoms with Crippen molar-refractivity contribution in [3.05, 3.63) is 122 Å². The smallest absolute Gasteiger partial charge is 0.0691 e. The minimum absolute atomic E-state index is 0.0211. The summed E-state index contributed by atoms with van der Waals surface area (Å²) in [6.45, 7) is 35.3. The van der Waals surface area contributed by atoms with Crippen LogP contribution < -0.4 is 26.6 Å². The van der Waals surface area contributed by atoms with E-state index in [0.29, 0.717) is 19.6 Å². The molecule has 236 valence electrons. The molecule has 1 aromatic carbocycles. The number of hydrogen-bond donors (Lipinski definition) is 6. The molecule has 43 heavy (non-hydrogen) atoms. The fraction of sp³-hybridized carbons (Fsp3) is 0.444. The molecule has 1 saturated heterocycles. The molecule has 0 radical (unpaired) electrons. The molecule has 0 amide bonds. The standard InChI is InChI=1S/C36H56N6S/c1-9-10-20-37-28(3)25-40-32(7)35(23-34-18-14-11-15-19-34)41-30(5)26-39-29(4)24-38-27(2)17-13-12-16-21-42-31(6)22-36(43)33(42)8/h11,14-15,18-19,35-41,43H,2-10,12-13,16-17,20-26H2,1H3. The van der Waals surface area contributed by atoms with Crippen molar-refractivity contribution in [2.45, 2.75) is 69.6 Å². The van der Waals surface area contributed by atoms with E-state index in [1.54, 1.807) is 0 Å². The average Bonchev–Trinajstić information content (AvgIpc) is 3.23. The quantitative estimate of drug-likeness (QED) is 0.0598. The highest BCUT2D eigenvalue weighted by Crippen LogP contribution is 2.32. The Morgan fingerprint density at radius 1 is 0.837 bits per heavy atom. The summed E-state index contributed by atoms with van der Waals surface area (Å²) in [5.41, 5.74) is 8.10. The second-order valence-electron chi connectivity index (χ2n) is 11.4. The lowest BCUT2D eigenvalue weighted by atomic mass is 10.0. The SMILES string of the molecule is C=C(CCCCCN1C(=C)CC(S)C1=C)NCC(=C)NCC(=C)NC(Cc1ccccc1)C(=C)NCC(=C)NCCCC. The summed E-state index contributed by atoms with van der Waals surface area (Å²) in [7, 11) is 0. The molecule has 1 fully saturated rings. The Kier molecular flexibility index (Phi) is 16.4. The molecule has 2 rings (SSSR count). The minimum Gasteiger partial charge on any atom is -0.387 e. The van der Waals surface area contributed by atoms with Gasteiger partial charge in [-0.15, -0.1) is 0 Å². The normalized spacial score (nSPS) is 15.0. The monoisotopic (exact) mass is 604 g/mol. The largest absolute Gasteiger partial charge is 0.387 e. The molecule has 0 bridgehead atoms. The summed E-state index contributed by atoms with van der Waals surface area (Å²) in [5.74, 6) is 0. The predicted molar refractivity (Wildman–Crippen MR) is 191 cm³/mol. The maximum Gasteiger partial charge on any atom is 0.0691 e. The number of thiol groups is 1. The Morgan fingerprint density at radius 3 is 2.16 bits per heavy atom. The summed E-state index contributed by atoms with van der Waals surface area (Å²) >= 11 is 4.57. The molecule has 1 aliphatic heterocycles. The van der Waals surface area contributed by atoms with Crippen LogP contribution in [0.25, 0.3) is 0 Å². The fourth-order valence-electron chi connectivity index (χ4n) is 4.79. The maximum absolute atomic E-state index is 4.57. The first-order chi connectivity index (χ1) is 20.6. The van der Waals surface area contributed by atoms with Crippen molar-refractivity contribution in [2.75, 3.05) is 32.7 Å². The fourth-order valence-corrected chi connectivity index (χ4v) is 5.14. The molecule has 0 aliphatic carbocycles. The van der Waals surface area contributed by atoms with E-state index in [-0.39, 0.29) is 11.3 Å². The summed E-state index contributed by atoms with van der Waals surface area (Å²) in [6, 6.07) is 10.4. The topological polar surface area (TPSA) is 63.4 Å². The first-order valence-corrected chi connectivity index (χ1v) is 16.1. The molecule has 7 heteroatoms. The van der Waals surface area contributed by atoms with Gasteiger partial charge >= 0.3 is 0 Å². The molecule has 5 N–H and O–H groups in total. The number of nitrogens with one attached hydrogen (secondary N) is 5. The van der Waals surface area contributed by atoms with Crippen molar-refractivity contribution < 1.29 is 0 Å². The number of benzene rings is 1. The molecule has 1 heterocycles. The van der Waals surface area contributed by atoms with Crippen LogP contribution in [0.2, 0.25) is 0 Å². The van der Waals surface area contributed by atoms with Crippen LogP contribution in [0.4, 0.5) is 0 Å². The highest BCUT2D eigenvalue weighted by molar-refractivity contribution is 7.81. The van der Waals surface area contributed by atoms with Gasteiger partial charge in [0.1, 0.15) is 0 Å². The second-order valence-corrected chi connectivity index (χ2v) is 12.0. The number of hydrogen-bond acceptors (Lipinski definition) is 7. The highest BCUT2D eigenvalue weighted by atomic mass is 32.1. The molecule has 0 aromatic heterocycles. The van der Waals surface area contributed by atoms with Gasteiger partial charge in [-0.1, -0.05) is 96.1 Å². The van der Waals surface area contributed by atoms with Crippen LogP contribution in [0, 0.1) is 0 Å². The van der Waals surface area contributed by atoms with Crippen LogP contribution in [-0.4, -0.2) is 48.9 Å². The Hall–Kier alpha value is -3.45. The van der Waals surface area contributed by atoms with E-state index in [9.17, 15) is 0 Å². The van der Waals surface area contributed by atoms with Crippen molar-refractivity contribution in [3.8, 4) is 0 Å². The van der Waals surface area contributed by atoms with Crippen molar-refractivity contribution in [1.82, 2.24) is 31.5 Å². The van der Waals surface area contributed by atoms with Gasteiger partial charge in [-0.05, 0) is 37.7 Å². The molecule has 1 aliphatic rings. The van der Waals surface area contributed by atoms with Crippen LogP contribution in [0.5, 0.6) is 0 Å². The lowest BCUT2D eigenvalue weighted by Crippen LogP contribution is -2.40. The average molecular weight is 605 g/mol. The molecule has 0 saturated carbocycles.